The first kappa shape index (κ1) is 32.5. The fourth-order valence-electron chi connectivity index (χ4n) is 5.05. The Morgan fingerprint density at radius 2 is 1.53 bits per heavy atom. The van der Waals surface area contributed by atoms with Crippen LogP contribution in [0.2, 0.25) is 0 Å². The van der Waals surface area contributed by atoms with Crippen molar-refractivity contribution in [3.05, 3.63) is 156 Å². The summed E-state index contributed by atoms with van der Waals surface area (Å²) in [5.74, 6) is 0.544. The van der Waals surface area contributed by atoms with Gasteiger partial charge in [0.15, 0.2) is 5.78 Å². The molecule has 0 spiro atoms. The molecule has 4 aromatic carbocycles. The van der Waals surface area contributed by atoms with Crippen molar-refractivity contribution in [3.63, 3.8) is 0 Å². The predicted octanol–water partition coefficient (Wildman–Crippen LogP) is 7.22. The minimum absolute atomic E-state index is 0.139. The highest BCUT2D eigenvalue weighted by Gasteiger charge is 2.23. The molecule has 1 heterocycles. The largest absolute Gasteiger partial charge is 0.494 e. The third kappa shape index (κ3) is 9.08. The van der Waals surface area contributed by atoms with Gasteiger partial charge in [-0.2, -0.15) is 0 Å². The van der Waals surface area contributed by atoms with Crippen LogP contribution < -0.4 is 15.0 Å². The van der Waals surface area contributed by atoms with Gasteiger partial charge in [0.2, 0.25) is 0 Å². The maximum absolute atomic E-state index is 13.2. The van der Waals surface area contributed by atoms with Gasteiger partial charge in [0.1, 0.15) is 17.6 Å². The smallest absolute Gasteiger partial charge is 0.328 e. The topological polar surface area (TPSA) is 98.1 Å². The number of para-hydroxylation sites is 2. The van der Waals surface area contributed by atoms with Crippen LogP contribution in [0.4, 0.5) is 11.4 Å². The van der Waals surface area contributed by atoms with Crippen LogP contribution in [0.25, 0.3) is 6.08 Å². The van der Waals surface area contributed by atoms with E-state index < -0.39 is 12.0 Å². The number of nitrogens with zero attached hydrogens (tertiary/aromatic N) is 1. The van der Waals surface area contributed by atoms with Gasteiger partial charge in [-0.15, -0.1) is 0 Å². The van der Waals surface area contributed by atoms with Crippen LogP contribution in [0, 0.1) is 0 Å². The average molecular weight is 629 g/mol. The standard InChI is InChI=1S/C39H36N2O6/c1-45-39(44)36(40-35-18-9-8-17-34(35)38(43)30-12-4-2-5-13-30)28-29-19-21-33(22-20-29)47-27-11-25-41(31-14-6-3-7-15-31)37(42)24-23-32-16-10-26-46-32/h2-10,12-24,26,36,40H,11,25,27-28H2,1H3/t36-/m0/s1. The van der Waals surface area contributed by atoms with Gasteiger partial charge in [0, 0.05) is 41.5 Å². The Balaban J connectivity index is 1.18. The summed E-state index contributed by atoms with van der Waals surface area (Å²) in [4.78, 5) is 40.7. The molecule has 0 radical (unpaired) electrons. The number of esters is 1. The first-order valence-corrected chi connectivity index (χ1v) is 15.3. The van der Waals surface area contributed by atoms with Gasteiger partial charge < -0.3 is 24.1 Å². The Morgan fingerprint density at radius 1 is 0.830 bits per heavy atom. The molecule has 0 bridgehead atoms. The van der Waals surface area contributed by atoms with E-state index in [-0.39, 0.29) is 11.7 Å². The van der Waals surface area contributed by atoms with Crippen LogP contribution in [0.5, 0.6) is 5.75 Å². The number of furan rings is 1. The molecule has 1 atom stereocenters. The minimum Gasteiger partial charge on any atom is -0.494 e. The summed E-state index contributed by atoms with van der Waals surface area (Å²) in [6.07, 6.45) is 5.65. The van der Waals surface area contributed by atoms with Crippen molar-refractivity contribution in [1.82, 2.24) is 0 Å². The van der Waals surface area contributed by atoms with Crippen molar-refractivity contribution in [2.24, 2.45) is 0 Å². The van der Waals surface area contributed by atoms with Gasteiger partial charge in [0.05, 0.1) is 20.0 Å². The van der Waals surface area contributed by atoms with E-state index in [0.29, 0.717) is 54.3 Å². The van der Waals surface area contributed by atoms with Crippen molar-refractivity contribution in [1.29, 1.82) is 0 Å². The summed E-state index contributed by atoms with van der Waals surface area (Å²) < 4.78 is 16.4. The lowest BCUT2D eigenvalue weighted by atomic mass is 10.00. The Kier molecular flexibility index (Phi) is 11.4. The van der Waals surface area contributed by atoms with Crippen LogP contribution in [-0.4, -0.2) is 44.0 Å². The van der Waals surface area contributed by atoms with E-state index in [9.17, 15) is 14.4 Å². The molecule has 5 rings (SSSR count). The molecule has 5 aromatic rings. The number of carbonyl (C=O) groups is 3. The molecule has 8 nitrogen and oxygen atoms in total. The molecule has 8 heteroatoms. The Bertz CT molecular complexity index is 1770. The normalized spacial score (nSPS) is 11.5. The number of methoxy groups -OCH3 is 1. The molecular formula is C39H36N2O6. The van der Waals surface area contributed by atoms with E-state index in [4.69, 9.17) is 13.9 Å². The van der Waals surface area contributed by atoms with Crippen LogP contribution in [-0.2, 0) is 20.7 Å². The predicted molar refractivity (Wildman–Crippen MR) is 183 cm³/mol. The van der Waals surface area contributed by atoms with Gasteiger partial charge in [0.25, 0.3) is 5.91 Å². The number of carbonyl (C=O) groups excluding carboxylic acids is 3. The van der Waals surface area contributed by atoms with Crippen LogP contribution >= 0.6 is 0 Å². The highest BCUT2D eigenvalue weighted by molar-refractivity contribution is 6.12. The van der Waals surface area contributed by atoms with E-state index >= 15 is 0 Å². The lowest BCUT2D eigenvalue weighted by Crippen LogP contribution is -2.33. The number of amides is 1. The number of anilines is 2. The second-order valence-corrected chi connectivity index (χ2v) is 10.7. The molecule has 0 aliphatic heterocycles. The summed E-state index contributed by atoms with van der Waals surface area (Å²) >= 11 is 0. The third-order valence-electron chi connectivity index (χ3n) is 7.45. The molecule has 1 aromatic heterocycles. The summed E-state index contributed by atoms with van der Waals surface area (Å²) in [6, 6.07) is 36.0. The van der Waals surface area contributed by atoms with E-state index in [1.165, 1.54) is 13.2 Å². The maximum atomic E-state index is 13.2. The zero-order chi connectivity index (χ0) is 32.8. The van der Waals surface area contributed by atoms with E-state index in [2.05, 4.69) is 5.32 Å². The average Bonchev–Trinajstić information content (AvgIpc) is 3.65. The number of hydrogen-bond donors (Lipinski definition) is 1. The van der Waals surface area contributed by atoms with Crippen LogP contribution in [0.15, 0.2) is 138 Å². The number of benzene rings is 4. The van der Waals surface area contributed by atoms with Gasteiger partial charge in [-0.3, -0.25) is 9.59 Å². The zero-order valence-corrected chi connectivity index (χ0v) is 26.1. The quantitative estimate of drug-likeness (QED) is 0.0566. The molecule has 47 heavy (non-hydrogen) atoms. The van der Waals surface area contributed by atoms with E-state index in [1.807, 2.05) is 78.9 Å². The van der Waals surface area contributed by atoms with Gasteiger partial charge in [-0.1, -0.05) is 72.8 Å². The van der Waals surface area contributed by atoms with Crippen LogP contribution in [0.3, 0.4) is 0 Å². The highest BCUT2D eigenvalue weighted by atomic mass is 16.5. The fourth-order valence-corrected chi connectivity index (χ4v) is 5.05. The monoisotopic (exact) mass is 628 g/mol. The number of ketones is 1. The zero-order valence-electron chi connectivity index (χ0n) is 26.1. The summed E-state index contributed by atoms with van der Waals surface area (Å²) in [5.41, 5.74) is 3.27. The first-order chi connectivity index (χ1) is 23.0. The van der Waals surface area contributed by atoms with Crippen molar-refractivity contribution >= 4 is 35.1 Å². The Labute approximate surface area is 274 Å². The number of nitrogens with one attached hydrogen (secondary N) is 1. The highest BCUT2D eigenvalue weighted by Crippen LogP contribution is 2.23. The molecule has 0 aliphatic carbocycles. The summed E-state index contributed by atoms with van der Waals surface area (Å²) in [7, 11) is 1.34. The van der Waals surface area contributed by atoms with Crippen molar-refractivity contribution in [2.75, 3.05) is 30.5 Å². The van der Waals surface area contributed by atoms with E-state index in [1.54, 1.807) is 59.7 Å². The molecular weight excluding hydrogens is 592 g/mol. The molecule has 238 valence electrons. The lowest BCUT2D eigenvalue weighted by Gasteiger charge is -2.21. The lowest BCUT2D eigenvalue weighted by molar-refractivity contribution is -0.141. The fraction of sp³-hybridized carbons (Fsp3) is 0.154. The van der Waals surface area contributed by atoms with Gasteiger partial charge >= 0.3 is 5.97 Å². The molecule has 1 N–H and O–H groups in total. The summed E-state index contributed by atoms with van der Waals surface area (Å²) in [5, 5.41) is 3.24. The number of hydrogen-bond acceptors (Lipinski definition) is 7. The molecule has 0 aliphatic rings. The minimum atomic E-state index is -0.722. The van der Waals surface area contributed by atoms with E-state index in [0.717, 1.165) is 11.3 Å². The Hall–Kier alpha value is -5.89. The number of rotatable bonds is 15. The molecule has 0 fully saturated rings. The van der Waals surface area contributed by atoms with Crippen molar-refractivity contribution in [3.8, 4) is 5.75 Å². The third-order valence-corrected chi connectivity index (χ3v) is 7.45. The van der Waals surface area contributed by atoms with Crippen LogP contribution in [0.1, 0.15) is 33.7 Å². The second-order valence-electron chi connectivity index (χ2n) is 10.7. The van der Waals surface area contributed by atoms with Gasteiger partial charge in [-0.05, 0) is 66.6 Å². The SMILES string of the molecule is COC(=O)[C@H](Cc1ccc(OCCCN(C(=O)C=Cc2ccco2)c2ccccc2)cc1)Nc1ccccc1C(=O)c1ccccc1. The Morgan fingerprint density at radius 3 is 2.23 bits per heavy atom. The molecule has 0 saturated heterocycles. The maximum Gasteiger partial charge on any atom is 0.328 e. The van der Waals surface area contributed by atoms with Crippen molar-refractivity contribution < 1.29 is 28.3 Å². The van der Waals surface area contributed by atoms with Crippen molar-refractivity contribution in [2.45, 2.75) is 18.9 Å². The summed E-state index contributed by atoms with van der Waals surface area (Å²) in [6.45, 7) is 0.862. The number of ether oxygens (including phenoxy) is 2. The second kappa shape index (κ2) is 16.4. The molecule has 0 saturated carbocycles. The van der Waals surface area contributed by atoms with Gasteiger partial charge in [-0.25, -0.2) is 4.79 Å². The molecule has 1 amide bonds. The first-order valence-electron chi connectivity index (χ1n) is 15.3. The molecule has 0 unspecified atom stereocenters.